The van der Waals surface area contributed by atoms with Crippen LogP contribution < -0.4 is 0 Å². The largest absolute Gasteiger partial charge is 0.0997 e. The van der Waals surface area contributed by atoms with Gasteiger partial charge in [-0.1, -0.05) is 115 Å². The summed E-state index contributed by atoms with van der Waals surface area (Å²) < 4.78 is 0. The van der Waals surface area contributed by atoms with Gasteiger partial charge in [-0.15, -0.1) is 0 Å². The lowest BCUT2D eigenvalue weighted by atomic mass is 10.5. The molecule has 4 heteroatoms. The predicted octanol–water partition coefficient (Wildman–Crippen LogP) is 9.67. The second-order valence-corrected chi connectivity index (χ2v) is 23.6. The van der Waals surface area contributed by atoms with Crippen LogP contribution in [0.4, 0.5) is 0 Å². The molecule has 27 heavy (non-hydrogen) atoms. The fraction of sp³-hybridized carbons (Fsp3) is 1.00. The van der Waals surface area contributed by atoms with Gasteiger partial charge in [0.05, 0.1) is 0 Å². The fourth-order valence-electron chi connectivity index (χ4n) is 3.73. The third-order valence-electron chi connectivity index (χ3n) is 5.69. The molecule has 0 spiro atoms. The van der Waals surface area contributed by atoms with Gasteiger partial charge in [0.25, 0.3) is 0 Å². The molecule has 0 N–H and O–H groups in total. The Labute approximate surface area is 179 Å². The lowest BCUT2D eigenvalue weighted by Crippen LogP contribution is -2.12. The first-order valence-corrected chi connectivity index (χ1v) is 18.3. The molecule has 0 aliphatic heterocycles. The maximum absolute atomic E-state index is 2.50. The fourth-order valence-corrected chi connectivity index (χ4v) is 20.8. The average Bonchev–Trinajstić information content (AvgIpc) is 2.50. The highest BCUT2D eigenvalue weighted by molar-refractivity contribution is 7.76. The summed E-state index contributed by atoms with van der Waals surface area (Å²) in [5, 5.41) is 0. The van der Waals surface area contributed by atoms with Crippen LogP contribution >= 0.6 is 31.7 Å². The zero-order chi connectivity index (χ0) is 21.3. The third-order valence-corrected chi connectivity index (χ3v) is 21.2. The van der Waals surface area contributed by atoms with E-state index in [1.165, 1.54) is 18.7 Å². The Kier molecular flexibility index (Phi) is 15.6. The van der Waals surface area contributed by atoms with Crippen molar-refractivity contribution in [2.24, 2.45) is 0 Å². The summed E-state index contributed by atoms with van der Waals surface area (Å²) in [6.07, 6.45) is 4.59. The molecule has 0 aromatic carbocycles. The van der Waals surface area contributed by atoms with Crippen LogP contribution in [0.1, 0.15) is 89.5 Å². The molecule has 0 heterocycles. The Morgan fingerprint density at radius 3 is 0.852 bits per heavy atom. The van der Waals surface area contributed by atoms with Gasteiger partial charge < -0.3 is 0 Å². The van der Waals surface area contributed by atoms with Crippen molar-refractivity contribution in [2.75, 3.05) is 24.1 Å². The molecule has 0 fully saturated rings. The predicted molar refractivity (Wildman–Crippen MR) is 143 cm³/mol. The van der Waals surface area contributed by atoms with Gasteiger partial charge >= 0.3 is 0 Å². The number of hydrogen-bond acceptors (Lipinski definition) is 0. The van der Waals surface area contributed by atoms with E-state index in [9.17, 15) is 0 Å². The Morgan fingerprint density at radius 2 is 0.667 bits per heavy atom. The minimum absolute atomic E-state index is 0.211. The van der Waals surface area contributed by atoms with E-state index in [2.05, 4.69) is 83.1 Å². The first-order valence-electron chi connectivity index (χ1n) is 11.4. The molecule has 0 radical (unpaired) electrons. The van der Waals surface area contributed by atoms with E-state index in [1.54, 1.807) is 11.8 Å². The highest BCUT2D eigenvalue weighted by Crippen LogP contribution is 2.61. The topological polar surface area (TPSA) is 0 Å². The smallest absolute Gasteiger partial charge is 0.0114 e. The summed E-state index contributed by atoms with van der Waals surface area (Å²) in [5.74, 6) is 3.14. The molecular formula is C23H52P4. The minimum atomic E-state index is 0.211. The van der Waals surface area contributed by atoms with Crippen molar-refractivity contribution in [1.82, 2.24) is 0 Å². The lowest BCUT2D eigenvalue weighted by molar-refractivity contribution is 0.995. The monoisotopic (exact) mass is 452 g/mol. The molecular weight excluding hydrogens is 400 g/mol. The zero-order valence-electron chi connectivity index (χ0n) is 20.8. The standard InChI is InChI=1S/C23H52P4/c1-18(2)24(16-26(20(5)6)21(7)8)14-13-15-25(19(3)4)17-27(22(9)10)23(11)12/h18-23H,13-17H2,1-12H3. The molecule has 0 aliphatic rings. The summed E-state index contributed by atoms with van der Waals surface area (Å²) >= 11 is 0. The van der Waals surface area contributed by atoms with E-state index in [0.29, 0.717) is 0 Å². The normalized spacial score (nSPS) is 15.6. The first kappa shape index (κ1) is 28.7. The van der Waals surface area contributed by atoms with Crippen molar-refractivity contribution in [3.63, 3.8) is 0 Å². The van der Waals surface area contributed by atoms with Crippen LogP contribution in [-0.2, 0) is 0 Å². The molecule has 0 saturated carbocycles. The van der Waals surface area contributed by atoms with Gasteiger partial charge in [-0.05, 0) is 64.5 Å². The van der Waals surface area contributed by atoms with E-state index in [4.69, 9.17) is 0 Å². The lowest BCUT2D eigenvalue weighted by Gasteiger charge is -2.34. The quantitative estimate of drug-likeness (QED) is 0.230. The van der Waals surface area contributed by atoms with E-state index in [-0.39, 0.29) is 31.7 Å². The van der Waals surface area contributed by atoms with Gasteiger partial charge in [-0.25, -0.2) is 0 Å². The van der Waals surface area contributed by atoms with Gasteiger partial charge in [0.1, 0.15) is 0 Å². The molecule has 0 saturated heterocycles. The summed E-state index contributed by atoms with van der Waals surface area (Å²) in [5.41, 5.74) is 5.43. The maximum Gasteiger partial charge on any atom is -0.0114 e. The zero-order valence-corrected chi connectivity index (χ0v) is 24.4. The highest BCUT2D eigenvalue weighted by Gasteiger charge is 2.25. The van der Waals surface area contributed by atoms with E-state index >= 15 is 0 Å². The molecule has 0 rings (SSSR count). The van der Waals surface area contributed by atoms with Crippen molar-refractivity contribution >= 4 is 31.7 Å². The molecule has 0 nitrogen and oxygen atoms in total. The van der Waals surface area contributed by atoms with Crippen LogP contribution in [-0.4, -0.2) is 58.1 Å². The molecule has 0 bridgehead atoms. The van der Waals surface area contributed by atoms with Crippen LogP contribution in [0.2, 0.25) is 0 Å². The molecule has 0 aliphatic carbocycles. The van der Waals surface area contributed by atoms with E-state index < -0.39 is 0 Å². The van der Waals surface area contributed by atoms with Crippen LogP contribution in [0.15, 0.2) is 0 Å². The Balaban J connectivity index is 4.81. The number of hydrogen-bond donors (Lipinski definition) is 0. The van der Waals surface area contributed by atoms with Gasteiger partial charge in [-0.2, -0.15) is 0 Å². The van der Waals surface area contributed by atoms with Gasteiger partial charge in [0.2, 0.25) is 0 Å². The highest BCUT2D eigenvalue weighted by atomic mass is 31.2. The Morgan fingerprint density at radius 1 is 0.407 bits per heavy atom. The second-order valence-electron chi connectivity index (χ2n) is 9.85. The minimum Gasteiger partial charge on any atom is -0.0997 e. The Bertz CT molecular complexity index is 313. The summed E-state index contributed by atoms with van der Waals surface area (Å²) in [7, 11) is 0.873. The van der Waals surface area contributed by atoms with Crippen molar-refractivity contribution in [2.45, 2.75) is 123 Å². The second kappa shape index (κ2) is 14.7. The van der Waals surface area contributed by atoms with Crippen LogP contribution in [0.25, 0.3) is 0 Å². The van der Waals surface area contributed by atoms with Crippen molar-refractivity contribution in [3.05, 3.63) is 0 Å². The van der Waals surface area contributed by atoms with Gasteiger partial charge in [0, 0.05) is 0 Å². The van der Waals surface area contributed by atoms with E-state index in [1.807, 2.05) is 0 Å². The molecule has 0 aromatic rings. The summed E-state index contributed by atoms with van der Waals surface area (Å²) in [6, 6.07) is 0. The summed E-state index contributed by atoms with van der Waals surface area (Å²) in [4.78, 5) is 0. The van der Waals surface area contributed by atoms with Crippen LogP contribution in [0.5, 0.6) is 0 Å². The first-order chi connectivity index (χ1) is 12.4. The summed E-state index contributed by atoms with van der Waals surface area (Å²) in [6.45, 7) is 29.8. The van der Waals surface area contributed by atoms with Gasteiger partial charge in [-0.3, -0.25) is 0 Å². The Hall–Kier alpha value is 1.72. The van der Waals surface area contributed by atoms with Crippen molar-refractivity contribution in [1.29, 1.82) is 0 Å². The van der Waals surface area contributed by atoms with Crippen molar-refractivity contribution < 1.29 is 0 Å². The molecule has 0 aromatic heterocycles. The average molecular weight is 453 g/mol. The molecule has 2 unspecified atom stereocenters. The molecule has 164 valence electrons. The maximum atomic E-state index is 2.50. The number of rotatable bonds is 14. The van der Waals surface area contributed by atoms with Crippen LogP contribution in [0.3, 0.4) is 0 Å². The van der Waals surface area contributed by atoms with Crippen molar-refractivity contribution in [3.8, 4) is 0 Å². The molecule has 2 atom stereocenters. The SMILES string of the molecule is CC(C)P(CCCP(CP(C(C)C)C(C)C)C(C)C)CP(C(C)C)C(C)C. The van der Waals surface area contributed by atoms with E-state index in [0.717, 1.165) is 34.0 Å². The third kappa shape index (κ3) is 11.6. The van der Waals surface area contributed by atoms with Crippen LogP contribution in [0, 0.1) is 0 Å². The molecule has 0 amide bonds. The van der Waals surface area contributed by atoms with Gasteiger partial charge in [0.15, 0.2) is 0 Å².